The highest BCUT2D eigenvalue weighted by Gasteiger charge is 2.47. The second-order valence-electron chi connectivity index (χ2n) is 5.69. The molecule has 4 N–H and O–H groups in total. The number of benzene rings is 1. The predicted molar refractivity (Wildman–Crippen MR) is 87.5 cm³/mol. The highest BCUT2D eigenvalue weighted by Crippen LogP contribution is 2.27. The Bertz CT molecular complexity index is 535. The number of nitrogens with zero attached hydrogens (tertiary/aromatic N) is 1. The molecule has 6 nitrogen and oxygen atoms in total. The third kappa shape index (κ3) is 4.17. The average Bonchev–Trinajstić information content (AvgIpc) is 2.80. The Balaban J connectivity index is 2.10. The van der Waals surface area contributed by atoms with E-state index in [1.807, 2.05) is 42.5 Å². The first-order valence-corrected chi connectivity index (χ1v) is 7.73. The Morgan fingerprint density at radius 2 is 1.87 bits per heavy atom. The Hall–Kier alpha value is -1.73. The summed E-state index contributed by atoms with van der Waals surface area (Å²) in [6.45, 7) is 0.150. The van der Waals surface area contributed by atoms with E-state index in [9.17, 15) is 20.1 Å². The summed E-state index contributed by atoms with van der Waals surface area (Å²) in [5.41, 5.74) is 1.04. The molecule has 1 aliphatic rings. The van der Waals surface area contributed by atoms with Gasteiger partial charge in [0.15, 0.2) is 0 Å². The molecule has 1 amide bonds. The van der Waals surface area contributed by atoms with E-state index in [0.29, 0.717) is 6.54 Å². The van der Waals surface area contributed by atoms with Crippen LogP contribution in [0, 0.1) is 0 Å². The maximum absolute atomic E-state index is 11.6. The van der Waals surface area contributed by atoms with Crippen LogP contribution in [0.3, 0.4) is 0 Å². The van der Waals surface area contributed by atoms with Gasteiger partial charge in [-0.25, -0.2) is 0 Å². The van der Waals surface area contributed by atoms with E-state index in [0.717, 1.165) is 5.56 Å². The van der Waals surface area contributed by atoms with Gasteiger partial charge < -0.3 is 20.6 Å². The second kappa shape index (κ2) is 8.21. The Kier molecular flexibility index (Phi) is 6.29. The fraction of sp³-hybridized carbons (Fsp3) is 0.471. The third-order valence-corrected chi connectivity index (χ3v) is 4.28. The van der Waals surface area contributed by atoms with Gasteiger partial charge in [-0.15, -0.1) is 0 Å². The van der Waals surface area contributed by atoms with E-state index in [2.05, 4.69) is 5.32 Å². The molecule has 0 unspecified atom stereocenters. The molecule has 1 aromatic carbocycles. The smallest absolute Gasteiger partial charge is 0.221 e. The van der Waals surface area contributed by atoms with Gasteiger partial charge in [0.05, 0.1) is 24.9 Å². The lowest BCUT2D eigenvalue weighted by atomic mass is 10.1. The SMILES string of the molecule is CNC(=O)C[C@@H]1[C@@H](O)[C@H](O)[C@@H](CO)N1CC=Cc1ccccc1. The van der Waals surface area contributed by atoms with Crippen LogP contribution >= 0.6 is 0 Å². The molecule has 0 saturated carbocycles. The van der Waals surface area contributed by atoms with Crippen LogP contribution in [0.1, 0.15) is 12.0 Å². The van der Waals surface area contributed by atoms with Crippen molar-refractivity contribution in [3.63, 3.8) is 0 Å². The van der Waals surface area contributed by atoms with Crippen LogP contribution < -0.4 is 5.32 Å². The predicted octanol–water partition coefficient (Wildman–Crippen LogP) is -0.397. The maximum Gasteiger partial charge on any atom is 0.221 e. The molecule has 23 heavy (non-hydrogen) atoms. The van der Waals surface area contributed by atoms with Gasteiger partial charge in [-0.2, -0.15) is 0 Å². The molecule has 1 fully saturated rings. The van der Waals surface area contributed by atoms with Crippen molar-refractivity contribution in [3.05, 3.63) is 42.0 Å². The van der Waals surface area contributed by atoms with Crippen LogP contribution in [0.15, 0.2) is 36.4 Å². The van der Waals surface area contributed by atoms with Gasteiger partial charge in [0.2, 0.25) is 5.91 Å². The van der Waals surface area contributed by atoms with Crippen molar-refractivity contribution < 1.29 is 20.1 Å². The fourth-order valence-electron chi connectivity index (χ4n) is 2.98. The summed E-state index contributed by atoms with van der Waals surface area (Å²) in [7, 11) is 1.53. The van der Waals surface area contributed by atoms with Gasteiger partial charge in [0.1, 0.15) is 0 Å². The zero-order chi connectivity index (χ0) is 16.8. The molecule has 1 saturated heterocycles. The van der Waals surface area contributed by atoms with Crippen LogP contribution in [0.5, 0.6) is 0 Å². The molecule has 0 aliphatic carbocycles. The first kappa shape index (κ1) is 17.6. The minimum absolute atomic E-state index is 0.0738. The number of carbonyl (C=O) groups is 1. The molecule has 1 heterocycles. The Labute approximate surface area is 136 Å². The third-order valence-electron chi connectivity index (χ3n) is 4.28. The van der Waals surface area contributed by atoms with Gasteiger partial charge in [0.25, 0.3) is 0 Å². The van der Waals surface area contributed by atoms with Crippen molar-refractivity contribution >= 4 is 12.0 Å². The average molecular weight is 320 g/mol. The van der Waals surface area contributed by atoms with E-state index >= 15 is 0 Å². The quantitative estimate of drug-likeness (QED) is 0.572. The Morgan fingerprint density at radius 1 is 1.22 bits per heavy atom. The summed E-state index contributed by atoms with van der Waals surface area (Å²) in [5, 5.41) is 32.3. The number of aliphatic hydroxyl groups excluding tert-OH is 3. The number of likely N-dealkylation sites (tertiary alicyclic amines) is 1. The topological polar surface area (TPSA) is 93.0 Å². The summed E-state index contributed by atoms with van der Waals surface area (Å²) in [5.74, 6) is -0.211. The van der Waals surface area contributed by atoms with E-state index in [4.69, 9.17) is 0 Å². The number of hydrogen-bond acceptors (Lipinski definition) is 5. The van der Waals surface area contributed by atoms with E-state index in [1.54, 1.807) is 4.90 Å². The lowest BCUT2D eigenvalue weighted by molar-refractivity contribution is -0.122. The highest BCUT2D eigenvalue weighted by molar-refractivity contribution is 5.76. The number of carbonyl (C=O) groups excluding carboxylic acids is 1. The molecule has 1 aliphatic heterocycles. The Morgan fingerprint density at radius 3 is 2.48 bits per heavy atom. The van der Waals surface area contributed by atoms with Gasteiger partial charge >= 0.3 is 0 Å². The molecule has 0 bridgehead atoms. The van der Waals surface area contributed by atoms with Crippen LogP contribution in [-0.4, -0.2) is 70.6 Å². The van der Waals surface area contributed by atoms with Crippen molar-refractivity contribution in [2.75, 3.05) is 20.2 Å². The second-order valence-corrected chi connectivity index (χ2v) is 5.69. The number of amides is 1. The van der Waals surface area contributed by atoms with Gasteiger partial charge in [0, 0.05) is 26.1 Å². The van der Waals surface area contributed by atoms with Crippen LogP contribution in [-0.2, 0) is 4.79 Å². The molecular formula is C17H24N2O4. The van der Waals surface area contributed by atoms with Crippen molar-refractivity contribution in [1.29, 1.82) is 0 Å². The maximum atomic E-state index is 11.6. The summed E-state index contributed by atoms with van der Waals surface area (Å²) in [6.07, 6.45) is 1.78. The fourth-order valence-corrected chi connectivity index (χ4v) is 2.98. The van der Waals surface area contributed by atoms with Crippen molar-refractivity contribution in [3.8, 4) is 0 Å². The van der Waals surface area contributed by atoms with Gasteiger partial charge in [-0.3, -0.25) is 9.69 Å². The number of hydrogen-bond donors (Lipinski definition) is 4. The summed E-state index contributed by atoms with van der Waals surface area (Å²) in [6, 6.07) is 8.64. The highest BCUT2D eigenvalue weighted by atomic mass is 16.3. The largest absolute Gasteiger partial charge is 0.395 e. The summed E-state index contributed by atoms with van der Waals surface area (Å²) >= 11 is 0. The molecule has 1 aromatic rings. The first-order chi connectivity index (χ1) is 11.1. The van der Waals surface area contributed by atoms with Crippen LogP contribution in [0.25, 0.3) is 6.08 Å². The molecule has 4 atom stereocenters. The zero-order valence-electron chi connectivity index (χ0n) is 13.2. The van der Waals surface area contributed by atoms with Gasteiger partial charge in [-0.05, 0) is 5.56 Å². The number of aliphatic hydroxyl groups is 3. The van der Waals surface area contributed by atoms with E-state index in [1.165, 1.54) is 7.05 Å². The van der Waals surface area contributed by atoms with E-state index < -0.39 is 24.3 Å². The molecule has 0 spiro atoms. The van der Waals surface area contributed by atoms with E-state index in [-0.39, 0.29) is 18.9 Å². The molecular weight excluding hydrogens is 296 g/mol. The number of nitrogens with one attached hydrogen (secondary N) is 1. The molecule has 126 valence electrons. The van der Waals surface area contributed by atoms with Gasteiger partial charge in [-0.1, -0.05) is 42.5 Å². The van der Waals surface area contributed by atoms with Crippen molar-refractivity contribution in [1.82, 2.24) is 10.2 Å². The van der Waals surface area contributed by atoms with Crippen molar-refractivity contribution in [2.24, 2.45) is 0 Å². The molecule has 0 radical (unpaired) electrons. The summed E-state index contributed by atoms with van der Waals surface area (Å²) in [4.78, 5) is 13.4. The minimum atomic E-state index is -1.07. The molecule has 2 rings (SSSR count). The zero-order valence-corrected chi connectivity index (χ0v) is 13.2. The lowest BCUT2D eigenvalue weighted by Crippen LogP contribution is -2.43. The minimum Gasteiger partial charge on any atom is -0.395 e. The lowest BCUT2D eigenvalue weighted by Gasteiger charge is -2.28. The standard InChI is InChI=1S/C17H24N2O4/c1-18-15(21)10-13-16(22)17(23)14(11-20)19(13)9-5-8-12-6-3-2-4-7-12/h2-8,13-14,16-17,20,22-23H,9-11H2,1H3,(H,18,21)/t13-,14-,16-,17-/m1/s1. The molecule has 6 heteroatoms. The monoisotopic (exact) mass is 320 g/mol. The van der Waals surface area contributed by atoms with Crippen LogP contribution in [0.2, 0.25) is 0 Å². The number of rotatable bonds is 6. The van der Waals surface area contributed by atoms with Crippen LogP contribution in [0.4, 0.5) is 0 Å². The van der Waals surface area contributed by atoms with Crippen molar-refractivity contribution in [2.45, 2.75) is 30.7 Å². The molecule has 0 aromatic heterocycles. The first-order valence-electron chi connectivity index (χ1n) is 7.73. The normalized spacial score (nSPS) is 28.3. The summed E-state index contributed by atoms with van der Waals surface area (Å²) < 4.78 is 0.